The van der Waals surface area contributed by atoms with E-state index in [-0.39, 0.29) is 5.97 Å². The van der Waals surface area contributed by atoms with Crippen molar-refractivity contribution in [1.82, 2.24) is 0 Å². The second kappa shape index (κ2) is 7.92. The fourth-order valence-electron chi connectivity index (χ4n) is 4.46. The highest BCUT2D eigenvalue weighted by Crippen LogP contribution is 2.35. The quantitative estimate of drug-likeness (QED) is 0.278. The third kappa shape index (κ3) is 3.62. The van der Waals surface area contributed by atoms with E-state index in [0.717, 1.165) is 33.2 Å². The van der Waals surface area contributed by atoms with Gasteiger partial charge in [0.05, 0.1) is 0 Å². The highest BCUT2D eigenvalue weighted by Gasteiger charge is 2.22. The van der Waals surface area contributed by atoms with E-state index >= 15 is 0 Å². The lowest BCUT2D eigenvalue weighted by atomic mass is 9.95. The van der Waals surface area contributed by atoms with Crippen molar-refractivity contribution < 1.29 is 9.53 Å². The molecule has 33 heavy (non-hydrogen) atoms. The molecule has 2 nitrogen and oxygen atoms in total. The van der Waals surface area contributed by atoms with E-state index < -0.39 is 0 Å². The molecule has 0 spiro atoms. The summed E-state index contributed by atoms with van der Waals surface area (Å²) in [7, 11) is 0. The van der Waals surface area contributed by atoms with Crippen molar-refractivity contribution in [3.63, 3.8) is 0 Å². The number of esters is 1. The van der Waals surface area contributed by atoms with Gasteiger partial charge in [-0.05, 0) is 62.0 Å². The number of carbonyl (C=O) groups is 1. The van der Waals surface area contributed by atoms with Crippen LogP contribution in [0.25, 0.3) is 44.3 Å². The largest absolute Gasteiger partial charge is 0.423 e. The number of hydrogen-bond donors (Lipinski definition) is 0. The van der Waals surface area contributed by atoms with Gasteiger partial charge in [0.2, 0.25) is 0 Å². The van der Waals surface area contributed by atoms with Crippen LogP contribution < -0.4 is 0 Å². The van der Waals surface area contributed by atoms with Gasteiger partial charge in [-0.25, -0.2) is 4.79 Å². The second-order valence-corrected chi connectivity index (χ2v) is 8.20. The van der Waals surface area contributed by atoms with Crippen LogP contribution >= 0.6 is 0 Å². The second-order valence-electron chi connectivity index (χ2n) is 8.20. The highest BCUT2D eigenvalue weighted by molar-refractivity contribution is 6.05. The SMILES string of the molecule is O=C1C=C(c2ccc3ccccc3c2)C(=Cc2ccccc2-c2ccc3ccccc3c2)O1. The molecule has 0 radical (unpaired) electrons. The van der Waals surface area contributed by atoms with Crippen LogP contribution in [0.3, 0.4) is 0 Å². The third-order valence-corrected chi connectivity index (χ3v) is 6.11. The number of hydrogen-bond acceptors (Lipinski definition) is 2. The predicted molar refractivity (Wildman–Crippen MR) is 135 cm³/mol. The molecule has 0 aromatic heterocycles. The Kier molecular flexibility index (Phi) is 4.63. The van der Waals surface area contributed by atoms with E-state index in [0.29, 0.717) is 5.76 Å². The Bertz CT molecular complexity index is 1600. The first kappa shape index (κ1) is 19.3. The Morgan fingerprint density at radius 1 is 0.576 bits per heavy atom. The first-order valence-corrected chi connectivity index (χ1v) is 11.0. The summed E-state index contributed by atoms with van der Waals surface area (Å²) in [4.78, 5) is 12.3. The van der Waals surface area contributed by atoms with Crippen LogP contribution in [0.15, 0.2) is 121 Å². The normalized spacial score (nSPS) is 14.6. The molecule has 0 saturated carbocycles. The van der Waals surface area contributed by atoms with Gasteiger partial charge in [0.25, 0.3) is 0 Å². The van der Waals surface area contributed by atoms with Crippen LogP contribution in [-0.4, -0.2) is 5.97 Å². The standard InChI is InChI=1S/C31H20O2/c32-31-20-29(27-16-14-22-8-2-4-10-24(22)18-27)30(33-31)19-25-11-5-6-12-28(25)26-15-13-21-7-1-3-9-23(21)17-26/h1-20H. The average molecular weight is 424 g/mol. The van der Waals surface area contributed by atoms with Crippen LogP contribution in [-0.2, 0) is 9.53 Å². The van der Waals surface area contributed by atoms with Gasteiger partial charge in [-0.3, -0.25) is 0 Å². The topological polar surface area (TPSA) is 26.3 Å². The lowest BCUT2D eigenvalue weighted by Gasteiger charge is -2.10. The number of cyclic esters (lactones) is 1. The van der Waals surface area contributed by atoms with Gasteiger partial charge in [0.1, 0.15) is 5.76 Å². The molecule has 6 rings (SSSR count). The van der Waals surface area contributed by atoms with E-state index in [1.165, 1.54) is 16.2 Å². The maximum atomic E-state index is 12.3. The zero-order valence-electron chi connectivity index (χ0n) is 17.9. The van der Waals surface area contributed by atoms with Gasteiger partial charge >= 0.3 is 5.97 Å². The molecule has 2 heteroatoms. The van der Waals surface area contributed by atoms with Gasteiger partial charge in [0, 0.05) is 11.6 Å². The molecule has 0 amide bonds. The Morgan fingerprint density at radius 2 is 1.15 bits per heavy atom. The molecular weight excluding hydrogens is 404 g/mol. The minimum Gasteiger partial charge on any atom is -0.423 e. The van der Waals surface area contributed by atoms with Gasteiger partial charge in [0.15, 0.2) is 0 Å². The monoisotopic (exact) mass is 424 g/mol. The summed E-state index contributed by atoms with van der Waals surface area (Å²) >= 11 is 0. The Hall–Kier alpha value is -4.43. The van der Waals surface area contributed by atoms with E-state index in [1.807, 2.05) is 36.4 Å². The first-order chi connectivity index (χ1) is 16.2. The minimum absolute atomic E-state index is 0.340. The summed E-state index contributed by atoms with van der Waals surface area (Å²) < 4.78 is 5.64. The van der Waals surface area contributed by atoms with Crippen molar-refractivity contribution >= 4 is 39.2 Å². The number of allylic oxidation sites excluding steroid dienone is 1. The molecule has 0 saturated heterocycles. The smallest absolute Gasteiger partial charge is 0.336 e. The summed E-state index contributed by atoms with van der Waals surface area (Å²) in [6.07, 6.45) is 3.55. The van der Waals surface area contributed by atoms with Crippen LogP contribution in [0, 0.1) is 0 Å². The van der Waals surface area contributed by atoms with Crippen molar-refractivity contribution in [2.45, 2.75) is 0 Å². The molecule has 1 aliphatic heterocycles. The van der Waals surface area contributed by atoms with Gasteiger partial charge in [-0.2, -0.15) is 0 Å². The molecule has 156 valence electrons. The lowest BCUT2D eigenvalue weighted by molar-refractivity contribution is -0.132. The fourth-order valence-corrected chi connectivity index (χ4v) is 4.46. The van der Waals surface area contributed by atoms with Crippen molar-refractivity contribution in [2.75, 3.05) is 0 Å². The average Bonchev–Trinajstić information content (AvgIpc) is 3.23. The summed E-state index contributed by atoms with van der Waals surface area (Å²) in [6, 6.07) is 37.5. The third-order valence-electron chi connectivity index (χ3n) is 6.11. The number of fused-ring (bicyclic) bond motifs is 2. The van der Waals surface area contributed by atoms with E-state index in [9.17, 15) is 4.79 Å². The molecule has 0 aliphatic carbocycles. The van der Waals surface area contributed by atoms with Gasteiger partial charge in [-0.15, -0.1) is 0 Å². The van der Waals surface area contributed by atoms with Crippen LogP contribution in [0.1, 0.15) is 11.1 Å². The number of carbonyl (C=O) groups excluding carboxylic acids is 1. The zero-order chi connectivity index (χ0) is 22.2. The summed E-state index contributed by atoms with van der Waals surface area (Å²) in [5.74, 6) is 0.233. The minimum atomic E-state index is -0.340. The van der Waals surface area contributed by atoms with Crippen molar-refractivity contribution in [2.24, 2.45) is 0 Å². The molecule has 1 aliphatic rings. The van der Waals surface area contributed by atoms with Gasteiger partial charge < -0.3 is 4.74 Å². The molecule has 5 aromatic rings. The molecule has 5 aromatic carbocycles. The van der Waals surface area contributed by atoms with E-state index in [4.69, 9.17) is 4.74 Å². The molecule has 1 heterocycles. The van der Waals surface area contributed by atoms with Crippen LogP contribution in [0.2, 0.25) is 0 Å². The van der Waals surface area contributed by atoms with Crippen molar-refractivity contribution in [3.05, 3.63) is 132 Å². The molecular formula is C31H20O2. The van der Waals surface area contributed by atoms with Crippen LogP contribution in [0.5, 0.6) is 0 Å². The zero-order valence-corrected chi connectivity index (χ0v) is 17.9. The summed E-state index contributed by atoms with van der Waals surface area (Å²) in [5.41, 5.74) is 5.00. The molecule has 0 N–H and O–H groups in total. The Balaban J connectivity index is 1.44. The predicted octanol–water partition coefficient (Wildman–Crippen LogP) is 7.64. The molecule has 0 bridgehead atoms. The fraction of sp³-hybridized carbons (Fsp3) is 0. The highest BCUT2D eigenvalue weighted by atomic mass is 16.5. The van der Waals surface area contributed by atoms with Crippen molar-refractivity contribution in [1.29, 1.82) is 0 Å². The maximum Gasteiger partial charge on any atom is 0.336 e. The number of ether oxygens (including phenoxy) is 1. The number of benzene rings is 5. The first-order valence-electron chi connectivity index (χ1n) is 11.0. The molecule has 0 fully saturated rings. The maximum absolute atomic E-state index is 12.3. The number of rotatable bonds is 3. The Labute approximate surface area is 192 Å². The van der Waals surface area contributed by atoms with E-state index in [2.05, 4.69) is 78.9 Å². The van der Waals surface area contributed by atoms with Gasteiger partial charge in [-0.1, -0.05) is 97.1 Å². The van der Waals surface area contributed by atoms with Crippen molar-refractivity contribution in [3.8, 4) is 11.1 Å². The summed E-state index contributed by atoms with van der Waals surface area (Å²) in [6.45, 7) is 0. The lowest BCUT2D eigenvalue weighted by Crippen LogP contribution is -1.93. The Morgan fingerprint density at radius 3 is 1.88 bits per heavy atom. The van der Waals surface area contributed by atoms with Crippen LogP contribution in [0.4, 0.5) is 0 Å². The van der Waals surface area contributed by atoms with E-state index in [1.54, 1.807) is 6.08 Å². The molecule has 0 unspecified atom stereocenters. The molecule has 0 atom stereocenters. The summed E-state index contributed by atoms with van der Waals surface area (Å²) in [5, 5.41) is 4.70.